The maximum atomic E-state index is 13.1. The van der Waals surface area contributed by atoms with Crippen LogP contribution in [-0.4, -0.2) is 27.9 Å². The molecule has 132 valence electrons. The number of hydrogen-bond donors (Lipinski definition) is 1. The number of hydrogen-bond acceptors (Lipinski definition) is 3. The lowest BCUT2D eigenvalue weighted by atomic mass is 9.81. The second kappa shape index (κ2) is 6.26. The van der Waals surface area contributed by atoms with E-state index in [4.69, 9.17) is 11.6 Å². The highest BCUT2D eigenvalue weighted by Gasteiger charge is 2.51. The number of para-hydroxylation sites is 1. The number of nitrogens with zero attached hydrogens (tertiary/aromatic N) is 2. The lowest BCUT2D eigenvalue weighted by molar-refractivity contribution is -0.134. The summed E-state index contributed by atoms with van der Waals surface area (Å²) in [6.45, 7) is 4.74. The molecule has 1 N–H and O–H groups in total. The summed E-state index contributed by atoms with van der Waals surface area (Å²) in [6, 6.07) is 8.22. The fourth-order valence-electron chi connectivity index (χ4n) is 4.41. The molecule has 1 spiro atoms. The Hall–Kier alpha value is -1.65. The van der Waals surface area contributed by atoms with Gasteiger partial charge in [0.25, 0.3) is 0 Å². The van der Waals surface area contributed by atoms with E-state index in [2.05, 4.69) is 22.4 Å². The van der Waals surface area contributed by atoms with Gasteiger partial charge in [0.05, 0.1) is 11.1 Å². The Bertz CT molecular complexity index is 829. The number of halogens is 1. The smallest absolute Gasteiger partial charge is 0.244 e. The van der Waals surface area contributed by atoms with Crippen molar-refractivity contribution in [1.29, 1.82) is 0 Å². The number of amides is 1. The number of likely N-dealkylation sites (N-methyl/N-ethyl adjacent to an activating group) is 1. The Labute approximate surface area is 153 Å². The van der Waals surface area contributed by atoms with Crippen molar-refractivity contribution in [2.75, 3.05) is 6.54 Å². The van der Waals surface area contributed by atoms with E-state index < -0.39 is 5.54 Å². The third-order valence-corrected chi connectivity index (χ3v) is 6.07. The van der Waals surface area contributed by atoms with Crippen LogP contribution in [0.3, 0.4) is 0 Å². The third-order valence-electron chi connectivity index (χ3n) is 5.77. The van der Waals surface area contributed by atoms with Crippen LogP contribution in [0, 0.1) is 6.92 Å². The van der Waals surface area contributed by atoms with Crippen molar-refractivity contribution in [3.8, 4) is 0 Å². The van der Waals surface area contributed by atoms with E-state index in [1.807, 2.05) is 30.9 Å². The second-order valence-corrected chi connectivity index (χ2v) is 7.65. The Morgan fingerprint density at radius 1 is 1.32 bits per heavy atom. The van der Waals surface area contributed by atoms with Gasteiger partial charge in [0.15, 0.2) is 0 Å². The maximum absolute atomic E-state index is 13.1. The van der Waals surface area contributed by atoms with Gasteiger partial charge >= 0.3 is 0 Å². The molecule has 25 heavy (non-hydrogen) atoms. The Kier molecular flexibility index (Phi) is 4.20. The van der Waals surface area contributed by atoms with Crippen LogP contribution in [0.2, 0.25) is 5.15 Å². The number of aromatic nitrogens is 1. The summed E-state index contributed by atoms with van der Waals surface area (Å²) in [5, 5.41) is 5.19. The number of benzene rings is 1. The highest BCUT2D eigenvalue weighted by atomic mass is 35.5. The van der Waals surface area contributed by atoms with Crippen LogP contribution >= 0.6 is 11.6 Å². The summed E-state index contributed by atoms with van der Waals surface area (Å²) in [5.74, 6) is 0.222. The van der Waals surface area contributed by atoms with Crippen LogP contribution in [0.5, 0.6) is 0 Å². The zero-order valence-corrected chi connectivity index (χ0v) is 15.6. The van der Waals surface area contributed by atoms with Gasteiger partial charge in [0.2, 0.25) is 5.91 Å². The predicted octanol–water partition coefficient (Wildman–Crippen LogP) is 4.35. The van der Waals surface area contributed by atoms with Gasteiger partial charge in [0.1, 0.15) is 11.3 Å². The summed E-state index contributed by atoms with van der Waals surface area (Å²) in [4.78, 5) is 19.7. The summed E-state index contributed by atoms with van der Waals surface area (Å²) < 4.78 is 0. The van der Waals surface area contributed by atoms with E-state index in [0.717, 1.165) is 47.7 Å². The minimum absolute atomic E-state index is 0.194. The molecule has 2 aromatic rings. The number of pyridine rings is 1. The van der Waals surface area contributed by atoms with Gasteiger partial charge in [-0.15, -0.1) is 0 Å². The first kappa shape index (κ1) is 16.8. The zero-order valence-electron chi connectivity index (χ0n) is 14.8. The molecular formula is C20H24ClN3O. The summed E-state index contributed by atoms with van der Waals surface area (Å²) in [5.41, 5.74) is 2.52. The van der Waals surface area contributed by atoms with Gasteiger partial charge in [0, 0.05) is 17.5 Å². The summed E-state index contributed by atoms with van der Waals surface area (Å²) >= 11 is 6.56. The van der Waals surface area contributed by atoms with Crippen LogP contribution in [0.25, 0.3) is 10.9 Å². The van der Waals surface area contributed by atoms with Crippen LogP contribution in [0.15, 0.2) is 24.3 Å². The Balaban J connectivity index is 1.79. The van der Waals surface area contributed by atoms with Crippen molar-refractivity contribution < 1.29 is 4.79 Å². The van der Waals surface area contributed by atoms with Crippen LogP contribution in [0.1, 0.15) is 56.3 Å². The Morgan fingerprint density at radius 2 is 2.08 bits per heavy atom. The SMILES string of the molecule is CCN1C(=O)C2(CCCCC2)N[C@H]1c1cc2cccc(C)c2nc1Cl. The highest BCUT2D eigenvalue weighted by Crippen LogP contribution is 2.41. The monoisotopic (exact) mass is 357 g/mol. The molecule has 0 unspecified atom stereocenters. The van der Waals surface area contributed by atoms with E-state index in [1.54, 1.807) is 0 Å². The van der Waals surface area contributed by atoms with Crippen LogP contribution in [-0.2, 0) is 4.79 Å². The van der Waals surface area contributed by atoms with E-state index in [1.165, 1.54) is 6.42 Å². The second-order valence-electron chi connectivity index (χ2n) is 7.30. The van der Waals surface area contributed by atoms with Gasteiger partial charge in [-0.2, -0.15) is 0 Å². The predicted molar refractivity (Wildman–Crippen MR) is 101 cm³/mol. The van der Waals surface area contributed by atoms with Crippen LogP contribution < -0.4 is 5.32 Å². The quantitative estimate of drug-likeness (QED) is 0.813. The minimum Gasteiger partial charge on any atom is -0.321 e. The van der Waals surface area contributed by atoms with Gasteiger partial charge in [-0.25, -0.2) is 4.98 Å². The third kappa shape index (κ3) is 2.63. The lowest BCUT2D eigenvalue weighted by Crippen LogP contribution is -2.48. The molecule has 2 aliphatic rings. The molecular weight excluding hydrogens is 334 g/mol. The molecule has 4 nitrogen and oxygen atoms in total. The van der Waals surface area contributed by atoms with Gasteiger partial charge in [-0.05, 0) is 38.3 Å². The molecule has 1 aliphatic carbocycles. The van der Waals surface area contributed by atoms with E-state index in [-0.39, 0.29) is 12.1 Å². The Morgan fingerprint density at radius 3 is 2.80 bits per heavy atom. The zero-order chi connectivity index (χ0) is 17.6. The lowest BCUT2D eigenvalue weighted by Gasteiger charge is -2.31. The number of carbonyl (C=O) groups excluding carboxylic acids is 1. The first-order valence-electron chi connectivity index (χ1n) is 9.20. The normalized spacial score (nSPS) is 22.9. The van der Waals surface area contributed by atoms with Crippen LogP contribution in [0.4, 0.5) is 0 Å². The van der Waals surface area contributed by atoms with Crippen molar-refractivity contribution in [2.24, 2.45) is 0 Å². The standard InChI is InChI=1S/C20H24ClN3O/c1-3-24-18(23-20(19(24)25)10-5-4-6-11-20)15-12-14-9-7-8-13(2)16(14)22-17(15)21/h7-9,12,18,23H,3-6,10-11H2,1-2H3/t18-/m1/s1. The van der Waals surface area contributed by atoms with Crippen molar-refractivity contribution in [3.63, 3.8) is 0 Å². The highest BCUT2D eigenvalue weighted by molar-refractivity contribution is 6.30. The molecule has 1 saturated carbocycles. The average molecular weight is 358 g/mol. The van der Waals surface area contributed by atoms with E-state index >= 15 is 0 Å². The summed E-state index contributed by atoms with van der Waals surface area (Å²) in [6.07, 6.45) is 5.05. The fourth-order valence-corrected chi connectivity index (χ4v) is 4.65. The maximum Gasteiger partial charge on any atom is 0.244 e. The molecule has 1 aliphatic heterocycles. The van der Waals surface area contributed by atoms with Crippen molar-refractivity contribution in [3.05, 3.63) is 40.5 Å². The number of rotatable bonds is 2. The fraction of sp³-hybridized carbons (Fsp3) is 0.500. The van der Waals surface area contributed by atoms with Gasteiger partial charge in [-0.3, -0.25) is 10.1 Å². The van der Waals surface area contributed by atoms with Crippen molar-refractivity contribution in [1.82, 2.24) is 15.2 Å². The molecule has 1 amide bonds. The number of aryl methyl sites for hydroxylation is 1. The molecule has 5 heteroatoms. The molecule has 0 radical (unpaired) electrons. The minimum atomic E-state index is -0.413. The van der Waals surface area contributed by atoms with E-state index in [9.17, 15) is 4.79 Å². The number of carbonyl (C=O) groups is 1. The topological polar surface area (TPSA) is 45.2 Å². The summed E-state index contributed by atoms with van der Waals surface area (Å²) in [7, 11) is 0. The van der Waals surface area contributed by atoms with Crippen molar-refractivity contribution >= 4 is 28.4 Å². The molecule has 1 atom stereocenters. The number of fused-ring (bicyclic) bond motifs is 1. The first-order chi connectivity index (χ1) is 12.1. The molecule has 2 heterocycles. The molecule has 1 saturated heterocycles. The molecule has 2 fully saturated rings. The average Bonchev–Trinajstić information content (AvgIpc) is 2.88. The van der Waals surface area contributed by atoms with Gasteiger partial charge in [-0.1, -0.05) is 49.1 Å². The molecule has 0 bridgehead atoms. The largest absolute Gasteiger partial charge is 0.321 e. The number of nitrogens with one attached hydrogen (secondary N) is 1. The van der Waals surface area contributed by atoms with Gasteiger partial charge < -0.3 is 4.90 Å². The molecule has 1 aromatic heterocycles. The first-order valence-corrected chi connectivity index (χ1v) is 9.58. The molecule has 1 aromatic carbocycles. The van der Waals surface area contributed by atoms with Crippen molar-refractivity contribution in [2.45, 2.75) is 57.7 Å². The molecule has 4 rings (SSSR count). The van der Waals surface area contributed by atoms with E-state index in [0.29, 0.717) is 11.7 Å².